The van der Waals surface area contributed by atoms with E-state index in [4.69, 9.17) is 11.6 Å². The van der Waals surface area contributed by atoms with Crippen LogP contribution in [0, 0.1) is 0 Å². The number of sulfonamides is 1. The van der Waals surface area contributed by atoms with E-state index >= 15 is 0 Å². The van der Waals surface area contributed by atoms with Crippen molar-refractivity contribution in [3.8, 4) is 22.8 Å². The predicted molar refractivity (Wildman–Crippen MR) is 126 cm³/mol. The molecule has 0 unspecified atom stereocenters. The maximum absolute atomic E-state index is 13.4. The normalized spacial score (nSPS) is 11.5. The van der Waals surface area contributed by atoms with E-state index in [-0.39, 0.29) is 4.90 Å². The van der Waals surface area contributed by atoms with Gasteiger partial charge in [0.05, 0.1) is 4.90 Å². The van der Waals surface area contributed by atoms with Crippen molar-refractivity contribution >= 4 is 32.4 Å². The number of hydrogen-bond acceptors (Lipinski definition) is 4. The van der Waals surface area contributed by atoms with Crippen molar-refractivity contribution in [3.63, 3.8) is 0 Å². The molecule has 0 bridgehead atoms. The SMILES string of the molecule is O=S(=O)(Nn1c(-c2ccccc2)nnc1-c1ccc(Cl)cc1)c1ccc2ccccc2c1. The highest BCUT2D eigenvalue weighted by molar-refractivity contribution is 7.92. The van der Waals surface area contributed by atoms with Gasteiger partial charge in [-0.05, 0) is 47.2 Å². The van der Waals surface area contributed by atoms with Crippen LogP contribution in [0.4, 0.5) is 0 Å². The number of benzene rings is 4. The van der Waals surface area contributed by atoms with Crippen LogP contribution in [-0.4, -0.2) is 23.3 Å². The van der Waals surface area contributed by atoms with Crippen LogP contribution < -0.4 is 4.83 Å². The van der Waals surface area contributed by atoms with Gasteiger partial charge in [0.2, 0.25) is 0 Å². The van der Waals surface area contributed by atoms with Crippen LogP contribution >= 0.6 is 11.6 Å². The van der Waals surface area contributed by atoms with Crippen LogP contribution in [0.2, 0.25) is 5.02 Å². The van der Waals surface area contributed by atoms with Crippen LogP contribution in [0.15, 0.2) is 102 Å². The minimum absolute atomic E-state index is 0.144. The Kier molecular flexibility index (Phi) is 5.13. The molecule has 8 heteroatoms. The summed E-state index contributed by atoms with van der Waals surface area (Å²) in [6.07, 6.45) is 0. The van der Waals surface area contributed by atoms with E-state index in [1.54, 1.807) is 42.5 Å². The van der Waals surface area contributed by atoms with Gasteiger partial charge in [-0.1, -0.05) is 72.3 Å². The molecule has 0 atom stereocenters. The molecule has 0 saturated carbocycles. The molecule has 4 aromatic carbocycles. The number of hydrogen-bond donors (Lipinski definition) is 1. The molecule has 0 amide bonds. The second kappa shape index (κ2) is 8.11. The standard InChI is InChI=1S/C24H17ClN4O2S/c25-21-13-10-19(11-14-21)24-27-26-23(18-7-2-1-3-8-18)29(24)28-32(30,31)22-15-12-17-6-4-5-9-20(17)16-22/h1-16,28H. The van der Waals surface area contributed by atoms with Crippen molar-refractivity contribution in [1.82, 2.24) is 14.9 Å². The van der Waals surface area contributed by atoms with Crippen LogP contribution in [0.1, 0.15) is 0 Å². The minimum Gasteiger partial charge on any atom is -0.213 e. The average Bonchev–Trinajstić information content (AvgIpc) is 3.22. The highest BCUT2D eigenvalue weighted by Gasteiger charge is 2.22. The van der Waals surface area contributed by atoms with Gasteiger partial charge in [-0.15, -0.1) is 10.2 Å². The van der Waals surface area contributed by atoms with Crippen molar-refractivity contribution < 1.29 is 8.42 Å². The lowest BCUT2D eigenvalue weighted by molar-refractivity contribution is 0.595. The molecule has 0 saturated heterocycles. The first-order chi connectivity index (χ1) is 15.5. The summed E-state index contributed by atoms with van der Waals surface area (Å²) in [5.41, 5.74) is 1.40. The number of fused-ring (bicyclic) bond motifs is 1. The third-order valence-corrected chi connectivity index (χ3v) is 6.59. The Morgan fingerprint density at radius 3 is 1.97 bits per heavy atom. The van der Waals surface area contributed by atoms with E-state index < -0.39 is 10.0 Å². The summed E-state index contributed by atoms with van der Waals surface area (Å²) in [5.74, 6) is 0.727. The second-order valence-corrected chi connectivity index (χ2v) is 9.26. The summed E-state index contributed by atoms with van der Waals surface area (Å²) in [7, 11) is -3.94. The summed E-state index contributed by atoms with van der Waals surface area (Å²) in [6, 6.07) is 28.9. The lowest BCUT2D eigenvalue weighted by atomic mass is 10.1. The second-order valence-electron chi connectivity index (χ2n) is 7.16. The maximum Gasteiger partial charge on any atom is 0.275 e. The Morgan fingerprint density at radius 2 is 1.28 bits per heavy atom. The van der Waals surface area contributed by atoms with E-state index in [2.05, 4.69) is 15.0 Å². The van der Waals surface area contributed by atoms with Gasteiger partial charge in [0.15, 0.2) is 11.6 Å². The largest absolute Gasteiger partial charge is 0.275 e. The molecule has 5 rings (SSSR count). The number of nitrogens with one attached hydrogen (secondary N) is 1. The molecule has 6 nitrogen and oxygen atoms in total. The number of nitrogens with zero attached hydrogens (tertiary/aromatic N) is 3. The molecule has 0 aliphatic heterocycles. The molecule has 32 heavy (non-hydrogen) atoms. The molecule has 0 aliphatic carbocycles. The Bertz CT molecular complexity index is 1520. The summed E-state index contributed by atoms with van der Waals surface area (Å²) in [6.45, 7) is 0. The average molecular weight is 461 g/mol. The Hall–Kier alpha value is -3.68. The van der Waals surface area contributed by atoms with Crippen molar-refractivity contribution in [2.24, 2.45) is 0 Å². The van der Waals surface area contributed by atoms with Crippen LogP contribution in [0.5, 0.6) is 0 Å². The molecule has 0 spiro atoms. The van der Waals surface area contributed by atoms with Crippen molar-refractivity contribution in [2.75, 3.05) is 4.83 Å². The fourth-order valence-corrected chi connectivity index (χ4v) is 4.61. The molecule has 5 aromatic rings. The smallest absolute Gasteiger partial charge is 0.213 e. The van der Waals surface area contributed by atoms with Crippen LogP contribution in [0.3, 0.4) is 0 Å². The van der Waals surface area contributed by atoms with Gasteiger partial charge in [-0.2, -0.15) is 8.42 Å². The third kappa shape index (κ3) is 3.84. The summed E-state index contributed by atoms with van der Waals surface area (Å²) in [5, 5.41) is 10.9. The highest BCUT2D eigenvalue weighted by atomic mass is 35.5. The number of rotatable bonds is 5. The monoisotopic (exact) mass is 460 g/mol. The van der Waals surface area contributed by atoms with E-state index in [0.29, 0.717) is 22.2 Å². The first-order valence-corrected chi connectivity index (χ1v) is 11.7. The van der Waals surface area contributed by atoms with Gasteiger partial charge in [0.1, 0.15) is 0 Å². The highest BCUT2D eigenvalue weighted by Crippen LogP contribution is 2.26. The molecule has 0 radical (unpaired) electrons. The summed E-state index contributed by atoms with van der Waals surface area (Å²) in [4.78, 5) is 2.80. The third-order valence-electron chi connectivity index (χ3n) is 5.04. The van der Waals surface area contributed by atoms with E-state index in [0.717, 1.165) is 16.3 Å². The van der Waals surface area contributed by atoms with Crippen molar-refractivity contribution in [1.29, 1.82) is 0 Å². The molecular formula is C24H17ClN4O2S. The molecular weight excluding hydrogens is 444 g/mol. The van der Waals surface area contributed by atoms with Gasteiger partial charge in [0.25, 0.3) is 10.0 Å². The fourth-order valence-electron chi connectivity index (χ4n) is 3.44. The van der Waals surface area contributed by atoms with Crippen LogP contribution in [-0.2, 0) is 10.0 Å². The Labute approximate surface area is 190 Å². The molecule has 0 fully saturated rings. The number of halogens is 1. The molecule has 1 N–H and O–H groups in total. The van der Waals surface area contributed by atoms with Crippen LogP contribution in [0.25, 0.3) is 33.5 Å². The molecule has 158 valence electrons. The van der Waals surface area contributed by atoms with E-state index in [9.17, 15) is 8.42 Å². The predicted octanol–water partition coefficient (Wildman–Crippen LogP) is 5.35. The minimum atomic E-state index is -3.94. The summed E-state index contributed by atoms with van der Waals surface area (Å²) >= 11 is 6.02. The Morgan fingerprint density at radius 1 is 0.688 bits per heavy atom. The maximum atomic E-state index is 13.4. The van der Waals surface area contributed by atoms with Gasteiger partial charge in [-0.25, -0.2) is 9.51 Å². The molecule has 1 heterocycles. The van der Waals surface area contributed by atoms with E-state index in [1.165, 1.54) is 4.68 Å². The van der Waals surface area contributed by atoms with Crippen molar-refractivity contribution in [3.05, 3.63) is 102 Å². The van der Waals surface area contributed by atoms with Crippen molar-refractivity contribution in [2.45, 2.75) is 4.90 Å². The zero-order valence-corrected chi connectivity index (χ0v) is 18.3. The quantitative estimate of drug-likeness (QED) is 0.383. The molecule has 1 aromatic heterocycles. The first-order valence-electron chi connectivity index (χ1n) is 9.80. The summed E-state index contributed by atoms with van der Waals surface area (Å²) < 4.78 is 28.1. The lowest BCUT2D eigenvalue weighted by Gasteiger charge is -2.14. The van der Waals surface area contributed by atoms with E-state index in [1.807, 2.05) is 54.6 Å². The number of aromatic nitrogens is 3. The first kappa shape index (κ1) is 20.2. The van der Waals surface area contributed by atoms with Gasteiger partial charge in [0, 0.05) is 16.1 Å². The zero-order valence-electron chi connectivity index (χ0n) is 16.7. The zero-order chi connectivity index (χ0) is 22.1. The lowest BCUT2D eigenvalue weighted by Crippen LogP contribution is -2.25. The van der Waals surface area contributed by atoms with Gasteiger partial charge in [-0.3, -0.25) is 0 Å². The van der Waals surface area contributed by atoms with Gasteiger partial charge < -0.3 is 0 Å². The topological polar surface area (TPSA) is 76.9 Å². The Balaban J connectivity index is 1.63. The molecule has 0 aliphatic rings. The fraction of sp³-hybridized carbons (Fsp3) is 0. The van der Waals surface area contributed by atoms with Gasteiger partial charge >= 0.3 is 0 Å².